The summed E-state index contributed by atoms with van der Waals surface area (Å²) in [5.41, 5.74) is 0.871. The van der Waals surface area contributed by atoms with Gasteiger partial charge in [0.1, 0.15) is 11.6 Å². The van der Waals surface area contributed by atoms with E-state index in [4.69, 9.17) is 0 Å². The van der Waals surface area contributed by atoms with Gasteiger partial charge in [0.15, 0.2) is 0 Å². The maximum absolute atomic E-state index is 11.9. The van der Waals surface area contributed by atoms with Crippen LogP contribution in [0.2, 0.25) is 0 Å². The molecule has 0 saturated carbocycles. The van der Waals surface area contributed by atoms with Gasteiger partial charge in [0, 0.05) is 20.3 Å². The van der Waals surface area contributed by atoms with E-state index in [1.165, 1.54) is 18.5 Å². The van der Waals surface area contributed by atoms with Gasteiger partial charge in [-0.05, 0) is 18.2 Å². The highest BCUT2D eigenvalue weighted by atomic mass is 16.3. The fourth-order valence-electron chi connectivity index (χ4n) is 1.48. The van der Waals surface area contributed by atoms with E-state index in [-0.39, 0.29) is 17.2 Å². The van der Waals surface area contributed by atoms with Gasteiger partial charge in [-0.2, -0.15) is 0 Å². The Morgan fingerprint density at radius 2 is 2.05 bits per heavy atom. The molecule has 0 spiro atoms. The Morgan fingerprint density at radius 1 is 1.26 bits per heavy atom. The molecule has 6 heteroatoms. The number of hydrogen-bond acceptors (Lipinski definition) is 5. The van der Waals surface area contributed by atoms with Crippen molar-refractivity contribution in [1.82, 2.24) is 9.97 Å². The van der Waals surface area contributed by atoms with Gasteiger partial charge in [-0.3, -0.25) is 9.78 Å². The van der Waals surface area contributed by atoms with Gasteiger partial charge in [0.2, 0.25) is 0 Å². The Bertz CT molecular complexity index is 581. The highest BCUT2D eigenvalue weighted by Gasteiger charge is 2.07. The average molecular weight is 258 g/mol. The summed E-state index contributed by atoms with van der Waals surface area (Å²) in [4.78, 5) is 21.7. The molecule has 0 aliphatic rings. The van der Waals surface area contributed by atoms with Gasteiger partial charge in [-0.15, -0.1) is 0 Å². The largest absolute Gasteiger partial charge is 0.506 e. The summed E-state index contributed by atoms with van der Waals surface area (Å²) in [6, 6.07) is 4.91. The minimum atomic E-state index is -0.345. The molecule has 6 nitrogen and oxygen atoms in total. The lowest BCUT2D eigenvalue weighted by molar-refractivity contribution is 0.102. The predicted molar refractivity (Wildman–Crippen MR) is 72.4 cm³/mol. The van der Waals surface area contributed by atoms with Gasteiger partial charge in [0.25, 0.3) is 5.91 Å². The highest BCUT2D eigenvalue weighted by molar-refractivity contribution is 6.04. The summed E-state index contributed by atoms with van der Waals surface area (Å²) in [7, 11) is 3.78. The third-order valence-corrected chi connectivity index (χ3v) is 2.45. The molecule has 0 fully saturated rings. The van der Waals surface area contributed by atoms with E-state index in [0.29, 0.717) is 5.69 Å². The maximum Gasteiger partial charge on any atom is 0.257 e. The standard InChI is InChI=1S/C13H14N4O2/c1-17(2)12-4-3-10(7-15-12)16-13(19)9-5-11(18)8-14-6-9/h3-8,18H,1-2H3,(H,16,19). The molecule has 0 bridgehead atoms. The number of hydrogen-bond donors (Lipinski definition) is 2. The Kier molecular flexibility index (Phi) is 3.61. The van der Waals surface area contributed by atoms with Gasteiger partial charge in [-0.1, -0.05) is 0 Å². The molecule has 98 valence electrons. The first kappa shape index (κ1) is 12.8. The number of aromatic hydroxyl groups is 1. The van der Waals surface area contributed by atoms with Crippen molar-refractivity contribution in [2.24, 2.45) is 0 Å². The summed E-state index contributed by atoms with van der Waals surface area (Å²) in [5.74, 6) is 0.411. The maximum atomic E-state index is 11.9. The average Bonchev–Trinajstić information content (AvgIpc) is 2.39. The molecular weight excluding hydrogens is 244 g/mol. The zero-order valence-corrected chi connectivity index (χ0v) is 10.7. The Labute approximate surface area is 110 Å². The zero-order valence-electron chi connectivity index (χ0n) is 10.7. The smallest absolute Gasteiger partial charge is 0.257 e. The Balaban J connectivity index is 2.10. The molecule has 2 heterocycles. The summed E-state index contributed by atoms with van der Waals surface area (Å²) >= 11 is 0. The molecule has 0 atom stereocenters. The lowest BCUT2D eigenvalue weighted by Crippen LogP contribution is -2.13. The van der Waals surface area contributed by atoms with Gasteiger partial charge in [0.05, 0.1) is 23.6 Å². The third kappa shape index (κ3) is 3.19. The summed E-state index contributed by atoms with van der Waals surface area (Å²) in [6.45, 7) is 0. The number of aromatic nitrogens is 2. The number of rotatable bonds is 3. The molecule has 2 aromatic rings. The van der Waals surface area contributed by atoms with E-state index in [9.17, 15) is 9.90 Å². The number of amides is 1. The molecule has 1 amide bonds. The number of carbonyl (C=O) groups is 1. The van der Waals surface area contributed by atoms with Crippen LogP contribution in [0.5, 0.6) is 5.75 Å². The monoisotopic (exact) mass is 258 g/mol. The second kappa shape index (κ2) is 5.34. The van der Waals surface area contributed by atoms with Crippen molar-refractivity contribution in [3.63, 3.8) is 0 Å². The second-order valence-electron chi connectivity index (χ2n) is 4.19. The first-order valence-electron chi connectivity index (χ1n) is 5.65. The van der Waals surface area contributed by atoms with Crippen molar-refractivity contribution in [1.29, 1.82) is 0 Å². The van der Waals surface area contributed by atoms with Gasteiger partial charge >= 0.3 is 0 Å². The molecule has 0 saturated heterocycles. The van der Waals surface area contributed by atoms with E-state index >= 15 is 0 Å². The Morgan fingerprint density at radius 3 is 2.63 bits per heavy atom. The third-order valence-electron chi connectivity index (χ3n) is 2.45. The lowest BCUT2D eigenvalue weighted by Gasteiger charge is -2.11. The van der Waals surface area contributed by atoms with Crippen LogP contribution in [0.3, 0.4) is 0 Å². The van der Waals surface area contributed by atoms with E-state index in [2.05, 4.69) is 15.3 Å². The quantitative estimate of drug-likeness (QED) is 0.872. The van der Waals surface area contributed by atoms with Crippen LogP contribution >= 0.6 is 0 Å². The number of nitrogens with zero attached hydrogens (tertiary/aromatic N) is 3. The zero-order chi connectivity index (χ0) is 13.8. The van der Waals surface area contributed by atoms with E-state index < -0.39 is 0 Å². The van der Waals surface area contributed by atoms with Crippen LogP contribution in [0.4, 0.5) is 11.5 Å². The van der Waals surface area contributed by atoms with Crippen LogP contribution in [-0.2, 0) is 0 Å². The number of carbonyl (C=O) groups excluding carboxylic acids is 1. The molecule has 0 aliphatic heterocycles. The van der Waals surface area contributed by atoms with Crippen LogP contribution in [-0.4, -0.2) is 35.1 Å². The molecular formula is C13H14N4O2. The normalized spacial score (nSPS) is 10.0. The molecule has 0 aromatic carbocycles. The first-order chi connectivity index (χ1) is 9.06. The number of anilines is 2. The molecule has 0 aliphatic carbocycles. The molecule has 0 unspecified atom stereocenters. The van der Waals surface area contributed by atoms with Crippen molar-refractivity contribution in [2.75, 3.05) is 24.3 Å². The second-order valence-corrected chi connectivity index (χ2v) is 4.19. The van der Waals surface area contributed by atoms with E-state index in [1.54, 1.807) is 18.3 Å². The summed E-state index contributed by atoms with van der Waals surface area (Å²) in [6.07, 6.45) is 4.23. The van der Waals surface area contributed by atoms with Crippen LogP contribution in [0.1, 0.15) is 10.4 Å². The minimum Gasteiger partial charge on any atom is -0.506 e. The van der Waals surface area contributed by atoms with Crippen LogP contribution in [0, 0.1) is 0 Å². The topological polar surface area (TPSA) is 78.4 Å². The van der Waals surface area contributed by atoms with Crippen LogP contribution in [0.25, 0.3) is 0 Å². The highest BCUT2D eigenvalue weighted by Crippen LogP contribution is 2.14. The van der Waals surface area contributed by atoms with Crippen LogP contribution < -0.4 is 10.2 Å². The number of nitrogens with one attached hydrogen (secondary N) is 1. The molecule has 2 N–H and O–H groups in total. The molecule has 19 heavy (non-hydrogen) atoms. The van der Waals surface area contributed by atoms with E-state index in [1.807, 2.05) is 19.0 Å². The Hall–Kier alpha value is -2.63. The SMILES string of the molecule is CN(C)c1ccc(NC(=O)c2cncc(O)c2)cn1. The molecule has 2 rings (SSSR count). The molecule has 2 aromatic heterocycles. The van der Waals surface area contributed by atoms with Crippen molar-refractivity contribution < 1.29 is 9.90 Å². The number of pyridine rings is 2. The summed E-state index contributed by atoms with van der Waals surface area (Å²) < 4.78 is 0. The van der Waals surface area contributed by atoms with Crippen LogP contribution in [0.15, 0.2) is 36.8 Å². The molecule has 0 radical (unpaired) electrons. The fraction of sp³-hybridized carbons (Fsp3) is 0.154. The van der Waals surface area contributed by atoms with Crippen molar-refractivity contribution in [3.05, 3.63) is 42.4 Å². The van der Waals surface area contributed by atoms with Gasteiger partial charge in [-0.25, -0.2) is 4.98 Å². The van der Waals surface area contributed by atoms with Gasteiger partial charge < -0.3 is 15.3 Å². The predicted octanol–water partition coefficient (Wildman–Crippen LogP) is 1.50. The van der Waals surface area contributed by atoms with Crippen molar-refractivity contribution in [3.8, 4) is 5.75 Å². The van der Waals surface area contributed by atoms with Crippen molar-refractivity contribution >= 4 is 17.4 Å². The first-order valence-corrected chi connectivity index (χ1v) is 5.65. The minimum absolute atomic E-state index is 0.0475. The lowest BCUT2D eigenvalue weighted by atomic mass is 10.2. The van der Waals surface area contributed by atoms with Crippen molar-refractivity contribution in [2.45, 2.75) is 0 Å². The van der Waals surface area contributed by atoms with E-state index in [0.717, 1.165) is 5.82 Å². The summed E-state index contributed by atoms with van der Waals surface area (Å²) in [5, 5.41) is 11.9. The fourth-order valence-corrected chi connectivity index (χ4v) is 1.48.